The predicted octanol–water partition coefficient (Wildman–Crippen LogP) is 3.26. The second-order valence-electron chi connectivity index (χ2n) is 5.71. The Morgan fingerprint density at radius 3 is 2.65 bits per heavy atom. The molecule has 20 heavy (non-hydrogen) atoms. The molecule has 4 nitrogen and oxygen atoms in total. The topological polar surface area (TPSA) is 52.6 Å². The molecule has 0 amide bonds. The van der Waals surface area contributed by atoms with Crippen LogP contribution < -0.4 is 4.74 Å². The number of benzene rings is 1. The molecular formula is C14H19ClO4S. The van der Waals surface area contributed by atoms with Crippen molar-refractivity contribution in [1.82, 2.24) is 0 Å². The molecule has 0 N–H and O–H groups in total. The molecule has 1 aromatic carbocycles. The van der Waals surface area contributed by atoms with Gasteiger partial charge < -0.3 is 9.47 Å². The molecule has 0 aliphatic carbocycles. The molecule has 6 heteroatoms. The van der Waals surface area contributed by atoms with Gasteiger partial charge in [-0.1, -0.05) is 0 Å². The highest BCUT2D eigenvalue weighted by molar-refractivity contribution is 8.13. The lowest BCUT2D eigenvalue weighted by Crippen LogP contribution is -2.23. The Labute approximate surface area is 124 Å². The van der Waals surface area contributed by atoms with E-state index < -0.39 is 9.05 Å². The molecule has 1 fully saturated rings. The van der Waals surface area contributed by atoms with E-state index in [0.29, 0.717) is 17.9 Å². The van der Waals surface area contributed by atoms with Gasteiger partial charge in [0.05, 0.1) is 16.6 Å². The van der Waals surface area contributed by atoms with Gasteiger partial charge in [-0.2, -0.15) is 0 Å². The smallest absolute Gasteiger partial charge is 0.261 e. The molecule has 0 radical (unpaired) electrons. The van der Waals surface area contributed by atoms with E-state index in [1.165, 1.54) is 6.07 Å². The molecule has 0 spiro atoms. The molecule has 0 bridgehead atoms. The lowest BCUT2D eigenvalue weighted by Gasteiger charge is -2.19. The molecule has 1 aliphatic heterocycles. The standard InChI is InChI=1S/C14H19ClO4S/c1-10-8-11(4-5-13(10)20(15,16)17)18-9-12-6-7-14(2,3)19-12/h4-5,8,12H,6-7,9H2,1-3H3. The van der Waals surface area contributed by atoms with Crippen molar-refractivity contribution in [3.8, 4) is 5.75 Å². The zero-order valence-corrected chi connectivity index (χ0v) is 13.4. The van der Waals surface area contributed by atoms with Crippen molar-refractivity contribution < 1.29 is 17.9 Å². The van der Waals surface area contributed by atoms with E-state index in [4.69, 9.17) is 20.2 Å². The number of halogens is 1. The zero-order valence-electron chi connectivity index (χ0n) is 11.8. The van der Waals surface area contributed by atoms with Crippen LogP contribution in [-0.4, -0.2) is 26.7 Å². The Kier molecular flexibility index (Phi) is 4.33. The predicted molar refractivity (Wildman–Crippen MR) is 77.9 cm³/mol. The fourth-order valence-electron chi connectivity index (χ4n) is 2.37. The van der Waals surface area contributed by atoms with Crippen LogP contribution in [0.25, 0.3) is 0 Å². The average molecular weight is 319 g/mol. The van der Waals surface area contributed by atoms with Crippen LogP contribution in [0.15, 0.2) is 23.1 Å². The van der Waals surface area contributed by atoms with Gasteiger partial charge in [0.15, 0.2) is 0 Å². The van der Waals surface area contributed by atoms with Crippen LogP contribution in [0.5, 0.6) is 5.75 Å². The third-order valence-corrected chi connectivity index (χ3v) is 4.88. The van der Waals surface area contributed by atoms with E-state index in [2.05, 4.69) is 13.8 Å². The molecule has 1 aromatic rings. The second-order valence-corrected chi connectivity index (χ2v) is 8.25. The van der Waals surface area contributed by atoms with Gasteiger partial charge in [0.2, 0.25) is 0 Å². The summed E-state index contributed by atoms with van der Waals surface area (Å²) in [5.74, 6) is 0.625. The monoisotopic (exact) mass is 318 g/mol. The van der Waals surface area contributed by atoms with Gasteiger partial charge in [-0.3, -0.25) is 0 Å². The molecule has 1 aliphatic rings. The molecule has 2 rings (SSSR count). The minimum Gasteiger partial charge on any atom is -0.491 e. The molecule has 1 saturated heterocycles. The first kappa shape index (κ1) is 15.6. The molecular weight excluding hydrogens is 300 g/mol. The summed E-state index contributed by atoms with van der Waals surface area (Å²) in [6.07, 6.45) is 2.07. The Bertz CT molecular complexity index is 595. The fraction of sp³-hybridized carbons (Fsp3) is 0.571. The third kappa shape index (κ3) is 3.87. The van der Waals surface area contributed by atoms with Crippen LogP contribution in [0, 0.1) is 6.92 Å². The average Bonchev–Trinajstić information content (AvgIpc) is 2.65. The SMILES string of the molecule is Cc1cc(OCC2CCC(C)(C)O2)ccc1S(=O)(=O)Cl. The maximum Gasteiger partial charge on any atom is 0.261 e. The summed E-state index contributed by atoms with van der Waals surface area (Å²) in [5.41, 5.74) is 0.491. The van der Waals surface area contributed by atoms with E-state index in [-0.39, 0.29) is 16.6 Å². The van der Waals surface area contributed by atoms with Gasteiger partial charge in [0.1, 0.15) is 12.4 Å². The van der Waals surface area contributed by atoms with E-state index in [9.17, 15) is 8.42 Å². The number of rotatable bonds is 4. The summed E-state index contributed by atoms with van der Waals surface area (Å²) in [5, 5.41) is 0. The van der Waals surface area contributed by atoms with Crippen LogP contribution in [0.1, 0.15) is 32.3 Å². The Morgan fingerprint density at radius 2 is 2.15 bits per heavy atom. The van der Waals surface area contributed by atoms with Crippen molar-refractivity contribution in [2.45, 2.75) is 50.2 Å². The first-order chi connectivity index (χ1) is 9.17. The highest BCUT2D eigenvalue weighted by atomic mass is 35.7. The summed E-state index contributed by atoms with van der Waals surface area (Å²) >= 11 is 0. The van der Waals surface area contributed by atoms with Crippen LogP contribution >= 0.6 is 10.7 Å². The second kappa shape index (κ2) is 5.54. The molecule has 1 unspecified atom stereocenters. The van der Waals surface area contributed by atoms with Crippen LogP contribution in [0.3, 0.4) is 0 Å². The van der Waals surface area contributed by atoms with Gasteiger partial charge in [-0.15, -0.1) is 0 Å². The summed E-state index contributed by atoms with van der Waals surface area (Å²) in [6, 6.07) is 4.75. The van der Waals surface area contributed by atoms with E-state index in [0.717, 1.165) is 12.8 Å². The fourth-order valence-corrected chi connectivity index (χ4v) is 3.56. The van der Waals surface area contributed by atoms with Crippen molar-refractivity contribution in [3.63, 3.8) is 0 Å². The normalized spacial score (nSPS) is 21.9. The summed E-state index contributed by atoms with van der Waals surface area (Å²) < 4.78 is 34.1. The van der Waals surface area contributed by atoms with Crippen molar-refractivity contribution in [1.29, 1.82) is 0 Å². The van der Waals surface area contributed by atoms with Crippen LogP contribution in [0.4, 0.5) is 0 Å². The molecule has 1 heterocycles. The number of hydrogen-bond donors (Lipinski definition) is 0. The first-order valence-electron chi connectivity index (χ1n) is 6.53. The van der Waals surface area contributed by atoms with E-state index in [1.54, 1.807) is 19.1 Å². The lowest BCUT2D eigenvalue weighted by molar-refractivity contribution is -0.0326. The van der Waals surface area contributed by atoms with Gasteiger partial charge in [0, 0.05) is 10.7 Å². The van der Waals surface area contributed by atoms with Crippen molar-refractivity contribution in [2.75, 3.05) is 6.61 Å². The Balaban J connectivity index is 2.00. The zero-order chi connectivity index (χ0) is 15.0. The van der Waals surface area contributed by atoms with E-state index >= 15 is 0 Å². The summed E-state index contributed by atoms with van der Waals surface area (Å²) in [4.78, 5) is 0.116. The Morgan fingerprint density at radius 1 is 1.45 bits per heavy atom. The largest absolute Gasteiger partial charge is 0.491 e. The van der Waals surface area contributed by atoms with Crippen molar-refractivity contribution in [2.24, 2.45) is 0 Å². The lowest BCUT2D eigenvalue weighted by atomic mass is 10.1. The number of aryl methyl sites for hydroxylation is 1. The maximum absolute atomic E-state index is 11.3. The highest BCUT2D eigenvalue weighted by Gasteiger charge is 2.31. The minimum absolute atomic E-state index is 0.0828. The molecule has 0 saturated carbocycles. The van der Waals surface area contributed by atoms with Crippen LogP contribution in [0.2, 0.25) is 0 Å². The van der Waals surface area contributed by atoms with Crippen molar-refractivity contribution >= 4 is 19.7 Å². The van der Waals surface area contributed by atoms with Gasteiger partial charge in [0.25, 0.3) is 9.05 Å². The highest BCUT2D eigenvalue weighted by Crippen LogP contribution is 2.30. The van der Waals surface area contributed by atoms with Gasteiger partial charge >= 0.3 is 0 Å². The van der Waals surface area contributed by atoms with E-state index in [1.807, 2.05) is 0 Å². The Hall–Kier alpha value is -0.780. The number of hydrogen-bond acceptors (Lipinski definition) is 4. The molecule has 112 valence electrons. The molecule has 0 aromatic heterocycles. The van der Waals surface area contributed by atoms with Crippen molar-refractivity contribution in [3.05, 3.63) is 23.8 Å². The number of ether oxygens (including phenoxy) is 2. The minimum atomic E-state index is -3.70. The summed E-state index contributed by atoms with van der Waals surface area (Å²) in [6.45, 7) is 6.29. The van der Waals surface area contributed by atoms with Gasteiger partial charge in [-0.05, 0) is 57.4 Å². The first-order valence-corrected chi connectivity index (χ1v) is 8.84. The molecule has 1 atom stereocenters. The third-order valence-electron chi connectivity index (χ3n) is 3.40. The maximum atomic E-state index is 11.3. The van der Waals surface area contributed by atoms with Crippen LogP contribution in [-0.2, 0) is 13.8 Å². The quantitative estimate of drug-likeness (QED) is 0.800. The van der Waals surface area contributed by atoms with Gasteiger partial charge in [-0.25, -0.2) is 8.42 Å². The summed E-state index contributed by atoms with van der Waals surface area (Å²) in [7, 11) is 1.64.